The van der Waals surface area contributed by atoms with Crippen molar-refractivity contribution in [2.45, 2.75) is 96.8 Å². The summed E-state index contributed by atoms with van der Waals surface area (Å²) in [7, 11) is 1.46. The standard InChI is InChI=1S/C16H33BO2/c1-2-3-4-5-6-7-8-9-10-11-12-13-14-15-16(18)19-17/h2-15,17H2,1H3. The first kappa shape index (κ1) is 18.5. The molecule has 0 aliphatic rings. The van der Waals surface area contributed by atoms with E-state index in [1.165, 1.54) is 85.1 Å². The number of rotatable bonds is 14. The summed E-state index contributed by atoms with van der Waals surface area (Å²) in [6.07, 6.45) is 18.0. The summed E-state index contributed by atoms with van der Waals surface area (Å²) < 4.78 is 4.62. The molecular formula is C16H33BO2. The second-order valence-corrected chi connectivity index (χ2v) is 5.57. The van der Waals surface area contributed by atoms with E-state index < -0.39 is 0 Å². The van der Waals surface area contributed by atoms with E-state index in [0.29, 0.717) is 6.42 Å². The largest absolute Gasteiger partial charge is 0.543 e. The molecule has 3 heteroatoms. The van der Waals surface area contributed by atoms with Crippen molar-refractivity contribution in [3.05, 3.63) is 0 Å². The smallest absolute Gasteiger partial charge is 0.325 e. The number of hydrogen-bond donors (Lipinski definition) is 0. The molecule has 2 nitrogen and oxygen atoms in total. The van der Waals surface area contributed by atoms with Gasteiger partial charge in [0.15, 0.2) is 0 Å². The van der Waals surface area contributed by atoms with Crippen LogP contribution in [0.15, 0.2) is 0 Å². The Morgan fingerprint density at radius 3 is 1.47 bits per heavy atom. The van der Waals surface area contributed by atoms with Crippen LogP contribution in [-0.2, 0) is 9.45 Å². The van der Waals surface area contributed by atoms with Crippen LogP contribution in [0, 0.1) is 0 Å². The first-order valence-electron chi connectivity index (χ1n) is 8.38. The van der Waals surface area contributed by atoms with E-state index in [2.05, 4.69) is 11.6 Å². The summed E-state index contributed by atoms with van der Waals surface area (Å²) in [5.74, 6) is -0.0666. The Balaban J connectivity index is 2.97. The van der Waals surface area contributed by atoms with E-state index in [0.717, 1.165) is 6.42 Å². The first-order valence-corrected chi connectivity index (χ1v) is 8.38. The molecule has 0 aromatic heterocycles. The molecule has 0 saturated heterocycles. The van der Waals surface area contributed by atoms with Gasteiger partial charge in [-0.25, -0.2) is 0 Å². The average Bonchev–Trinajstić information content (AvgIpc) is 2.43. The predicted octanol–water partition coefficient (Wildman–Crippen LogP) is 4.56. The fourth-order valence-corrected chi connectivity index (χ4v) is 2.39. The van der Waals surface area contributed by atoms with Crippen LogP contribution in [0.4, 0.5) is 0 Å². The van der Waals surface area contributed by atoms with Gasteiger partial charge in [-0.05, 0) is 6.42 Å². The molecule has 0 atom stereocenters. The highest BCUT2D eigenvalue weighted by atomic mass is 16.5. The normalized spacial score (nSPS) is 10.6. The molecule has 0 amide bonds. The second kappa shape index (κ2) is 15.6. The Morgan fingerprint density at radius 1 is 0.737 bits per heavy atom. The molecule has 0 aliphatic heterocycles. The first-order chi connectivity index (χ1) is 9.31. The van der Waals surface area contributed by atoms with Crippen molar-refractivity contribution in [3.63, 3.8) is 0 Å². The van der Waals surface area contributed by atoms with E-state index in [4.69, 9.17) is 0 Å². The van der Waals surface area contributed by atoms with Crippen molar-refractivity contribution in [2.24, 2.45) is 0 Å². The highest BCUT2D eigenvalue weighted by Gasteiger charge is 1.98. The second-order valence-electron chi connectivity index (χ2n) is 5.57. The third kappa shape index (κ3) is 15.5. The van der Waals surface area contributed by atoms with E-state index >= 15 is 0 Å². The lowest BCUT2D eigenvalue weighted by atomic mass is 10.0. The van der Waals surface area contributed by atoms with Crippen LogP contribution in [0.25, 0.3) is 0 Å². The molecule has 0 rings (SSSR count). The molecule has 0 saturated carbocycles. The van der Waals surface area contributed by atoms with Gasteiger partial charge in [0.05, 0.1) is 0 Å². The maximum atomic E-state index is 10.9. The van der Waals surface area contributed by atoms with Gasteiger partial charge < -0.3 is 4.65 Å². The quantitative estimate of drug-likeness (QED) is 0.341. The van der Waals surface area contributed by atoms with E-state index in [9.17, 15) is 4.79 Å². The molecule has 19 heavy (non-hydrogen) atoms. The third-order valence-electron chi connectivity index (χ3n) is 3.71. The molecule has 112 valence electrons. The van der Waals surface area contributed by atoms with Crippen LogP contribution in [0.3, 0.4) is 0 Å². The molecule has 0 heterocycles. The zero-order chi connectivity index (χ0) is 14.2. The Hall–Kier alpha value is -0.465. The minimum Gasteiger partial charge on any atom is -0.543 e. The van der Waals surface area contributed by atoms with Gasteiger partial charge in [-0.3, -0.25) is 4.79 Å². The van der Waals surface area contributed by atoms with Crippen LogP contribution < -0.4 is 0 Å². The molecule has 0 N–H and O–H groups in total. The van der Waals surface area contributed by atoms with Gasteiger partial charge in [0, 0.05) is 6.42 Å². The van der Waals surface area contributed by atoms with Crippen molar-refractivity contribution in [3.8, 4) is 0 Å². The Kier molecular flexibility index (Phi) is 15.2. The lowest BCUT2D eigenvalue weighted by molar-refractivity contribution is -0.134. The minimum atomic E-state index is -0.0666. The Morgan fingerprint density at radius 2 is 1.11 bits per heavy atom. The maximum Gasteiger partial charge on any atom is 0.325 e. The lowest BCUT2D eigenvalue weighted by Crippen LogP contribution is -2.00. The SMILES string of the molecule is BOC(=O)CCCCCCCCCCCCCCC. The van der Waals surface area contributed by atoms with Crippen LogP contribution in [0.5, 0.6) is 0 Å². The van der Waals surface area contributed by atoms with E-state index in [1.54, 1.807) is 0 Å². The zero-order valence-electron chi connectivity index (χ0n) is 13.2. The highest BCUT2D eigenvalue weighted by molar-refractivity contribution is 6.05. The van der Waals surface area contributed by atoms with E-state index in [-0.39, 0.29) is 5.97 Å². The van der Waals surface area contributed by atoms with Crippen molar-refractivity contribution in [1.82, 2.24) is 0 Å². The van der Waals surface area contributed by atoms with Gasteiger partial charge >= 0.3 is 8.05 Å². The zero-order valence-corrected chi connectivity index (χ0v) is 13.2. The van der Waals surface area contributed by atoms with Gasteiger partial charge in [0.1, 0.15) is 0 Å². The van der Waals surface area contributed by atoms with Crippen LogP contribution >= 0.6 is 0 Å². The molecule has 0 fully saturated rings. The molecule has 0 spiro atoms. The lowest BCUT2D eigenvalue weighted by Gasteiger charge is -2.03. The van der Waals surface area contributed by atoms with Gasteiger partial charge in [-0.1, -0.05) is 84.0 Å². The van der Waals surface area contributed by atoms with Crippen LogP contribution in [0.1, 0.15) is 96.8 Å². The summed E-state index contributed by atoms with van der Waals surface area (Å²) in [6.45, 7) is 2.27. The summed E-state index contributed by atoms with van der Waals surface area (Å²) in [5.41, 5.74) is 0. The Labute approximate surface area is 121 Å². The van der Waals surface area contributed by atoms with Crippen molar-refractivity contribution >= 4 is 14.0 Å². The van der Waals surface area contributed by atoms with Crippen molar-refractivity contribution in [1.29, 1.82) is 0 Å². The number of hydrogen-bond acceptors (Lipinski definition) is 2. The monoisotopic (exact) mass is 268 g/mol. The van der Waals surface area contributed by atoms with Gasteiger partial charge in [-0.15, -0.1) is 0 Å². The van der Waals surface area contributed by atoms with Crippen LogP contribution in [-0.4, -0.2) is 14.0 Å². The number of carbonyl (C=O) groups is 1. The fraction of sp³-hybridized carbons (Fsp3) is 0.938. The van der Waals surface area contributed by atoms with Gasteiger partial charge in [0.25, 0.3) is 5.97 Å². The van der Waals surface area contributed by atoms with Crippen LogP contribution in [0.2, 0.25) is 0 Å². The molecule has 0 unspecified atom stereocenters. The molecule has 0 aliphatic carbocycles. The predicted molar refractivity (Wildman–Crippen MR) is 84.9 cm³/mol. The van der Waals surface area contributed by atoms with Crippen molar-refractivity contribution < 1.29 is 9.45 Å². The van der Waals surface area contributed by atoms with Gasteiger partial charge in [-0.2, -0.15) is 0 Å². The molecule has 0 aromatic carbocycles. The maximum absolute atomic E-state index is 10.9. The fourth-order valence-electron chi connectivity index (χ4n) is 2.39. The highest BCUT2D eigenvalue weighted by Crippen LogP contribution is 2.12. The van der Waals surface area contributed by atoms with Gasteiger partial charge in [0.2, 0.25) is 0 Å². The molecule has 0 aromatic rings. The Bertz CT molecular complexity index is 195. The number of unbranched alkanes of at least 4 members (excludes halogenated alkanes) is 12. The molecular weight excluding hydrogens is 235 g/mol. The molecule has 0 radical (unpaired) electrons. The molecule has 0 bridgehead atoms. The topological polar surface area (TPSA) is 26.3 Å². The van der Waals surface area contributed by atoms with E-state index in [1.807, 2.05) is 0 Å². The summed E-state index contributed by atoms with van der Waals surface area (Å²) in [4.78, 5) is 10.9. The van der Waals surface area contributed by atoms with Crippen molar-refractivity contribution in [2.75, 3.05) is 0 Å². The average molecular weight is 268 g/mol. The third-order valence-corrected chi connectivity index (χ3v) is 3.71. The summed E-state index contributed by atoms with van der Waals surface area (Å²) in [6, 6.07) is 0. The summed E-state index contributed by atoms with van der Waals surface area (Å²) >= 11 is 0. The number of carbonyl (C=O) groups excluding carboxylic acids is 1. The summed E-state index contributed by atoms with van der Waals surface area (Å²) in [5, 5.41) is 0. The minimum absolute atomic E-state index is 0.0666.